The SMILES string of the molecule is CCN(c1ccccc1)S(=O)(=O)c1cc(NC(=O)Cc2ccc(-n3cnnn3)cc2)ccc1Cl. The van der Waals surface area contributed by atoms with Crippen molar-refractivity contribution in [3.05, 3.63) is 89.7 Å². The van der Waals surface area contributed by atoms with Crippen LogP contribution in [0.2, 0.25) is 5.02 Å². The molecule has 4 aromatic rings. The number of nitrogens with zero attached hydrogens (tertiary/aromatic N) is 5. The Morgan fingerprint density at radius 1 is 1.06 bits per heavy atom. The summed E-state index contributed by atoms with van der Waals surface area (Å²) in [4.78, 5) is 12.5. The van der Waals surface area contributed by atoms with E-state index in [1.54, 1.807) is 61.5 Å². The Kier molecular flexibility index (Phi) is 6.90. The van der Waals surface area contributed by atoms with Gasteiger partial charge >= 0.3 is 0 Å². The van der Waals surface area contributed by atoms with E-state index in [2.05, 4.69) is 20.8 Å². The van der Waals surface area contributed by atoms with E-state index in [0.717, 1.165) is 11.3 Å². The highest BCUT2D eigenvalue weighted by Gasteiger charge is 2.26. The van der Waals surface area contributed by atoms with Crippen molar-refractivity contribution in [3.8, 4) is 5.69 Å². The van der Waals surface area contributed by atoms with Gasteiger partial charge in [-0.3, -0.25) is 9.10 Å². The largest absolute Gasteiger partial charge is 0.326 e. The molecule has 0 fully saturated rings. The molecule has 1 heterocycles. The summed E-state index contributed by atoms with van der Waals surface area (Å²) >= 11 is 6.26. The summed E-state index contributed by atoms with van der Waals surface area (Å²) in [5.41, 5.74) is 2.40. The summed E-state index contributed by atoms with van der Waals surface area (Å²) in [5, 5.41) is 13.8. The molecule has 1 N–H and O–H groups in total. The van der Waals surface area contributed by atoms with Crippen LogP contribution in [0.5, 0.6) is 0 Å². The lowest BCUT2D eigenvalue weighted by Gasteiger charge is -2.23. The highest BCUT2D eigenvalue weighted by atomic mass is 35.5. The number of tetrazole rings is 1. The molecule has 34 heavy (non-hydrogen) atoms. The lowest BCUT2D eigenvalue weighted by molar-refractivity contribution is -0.115. The number of anilines is 2. The number of aromatic nitrogens is 4. The standard InChI is InChI=1S/C23H21ClN6O3S/c1-2-30(20-6-4-3-5-7-20)34(32,33)22-15-18(10-13-21(22)24)26-23(31)14-17-8-11-19(12-9-17)29-16-25-27-28-29/h3-13,15-16H,2,14H2,1H3,(H,26,31). The van der Waals surface area contributed by atoms with Gasteiger partial charge in [-0.25, -0.2) is 13.1 Å². The third-order valence-electron chi connectivity index (χ3n) is 5.03. The zero-order valence-electron chi connectivity index (χ0n) is 18.2. The van der Waals surface area contributed by atoms with Crippen LogP contribution in [0.4, 0.5) is 11.4 Å². The first-order valence-corrected chi connectivity index (χ1v) is 12.2. The highest BCUT2D eigenvalue weighted by molar-refractivity contribution is 7.93. The number of carbonyl (C=O) groups excluding carboxylic acids is 1. The fourth-order valence-electron chi connectivity index (χ4n) is 3.42. The van der Waals surface area contributed by atoms with Gasteiger partial charge in [0.1, 0.15) is 11.2 Å². The Morgan fingerprint density at radius 2 is 1.79 bits per heavy atom. The van der Waals surface area contributed by atoms with E-state index >= 15 is 0 Å². The van der Waals surface area contributed by atoms with Crippen molar-refractivity contribution < 1.29 is 13.2 Å². The van der Waals surface area contributed by atoms with Crippen LogP contribution >= 0.6 is 11.6 Å². The number of halogens is 1. The maximum atomic E-state index is 13.4. The molecular weight excluding hydrogens is 476 g/mol. The van der Waals surface area contributed by atoms with Gasteiger partial charge < -0.3 is 5.32 Å². The van der Waals surface area contributed by atoms with Gasteiger partial charge in [0.25, 0.3) is 10.0 Å². The smallest absolute Gasteiger partial charge is 0.265 e. The molecule has 0 radical (unpaired) electrons. The second-order valence-corrected chi connectivity index (χ2v) is 9.53. The quantitative estimate of drug-likeness (QED) is 0.398. The molecule has 0 spiro atoms. The summed E-state index contributed by atoms with van der Waals surface area (Å²) in [6.45, 7) is 1.97. The topological polar surface area (TPSA) is 110 Å². The molecule has 0 saturated carbocycles. The van der Waals surface area contributed by atoms with Crippen LogP contribution in [0.25, 0.3) is 5.69 Å². The number of hydrogen-bond donors (Lipinski definition) is 1. The maximum Gasteiger partial charge on any atom is 0.265 e. The molecule has 1 amide bonds. The minimum Gasteiger partial charge on any atom is -0.326 e. The Hall–Kier alpha value is -3.76. The Labute approximate surface area is 202 Å². The summed E-state index contributed by atoms with van der Waals surface area (Å²) < 4.78 is 29.5. The molecule has 0 bridgehead atoms. The van der Waals surface area contributed by atoms with Crippen molar-refractivity contribution >= 4 is 38.9 Å². The molecule has 0 unspecified atom stereocenters. The van der Waals surface area contributed by atoms with E-state index in [0.29, 0.717) is 11.4 Å². The number of carbonyl (C=O) groups is 1. The van der Waals surface area contributed by atoms with Gasteiger partial charge in [0.2, 0.25) is 5.91 Å². The fourth-order valence-corrected chi connectivity index (χ4v) is 5.40. The number of nitrogens with one attached hydrogen (secondary N) is 1. The molecule has 0 atom stereocenters. The van der Waals surface area contributed by atoms with Crippen molar-refractivity contribution in [3.63, 3.8) is 0 Å². The summed E-state index contributed by atoms with van der Waals surface area (Å²) in [5.74, 6) is -0.295. The lowest BCUT2D eigenvalue weighted by Crippen LogP contribution is -2.31. The molecule has 0 aliphatic heterocycles. The number of rotatable bonds is 8. The maximum absolute atomic E-state index is 13.4. The molecule has 0 aliphatic rings. The van der Waals surface area contributed by atoms with Gasteiger partial charge in [-0.1, -0.05) is 41.9 Å². The van der Waals surface area contributed by atoms with E-state index in [9.17, 15) is 13.2 Å². The van der Waals surface area contributed by atoms with Crippen molar-refractivity contribution in [2.75, 3.05) is 16.2 Å². The number of sulfonamides is 1. The van der Waals surface area contributed by atoms with Crippen LogP contribution in [0.3, 0.4) is 0 Å². The Balaban J connectivity index is 1.51. The second-order valence-electron chi connectivity index (χ2n) is 7.30. The molecule has 1 aromatic heterocycles. The number of amides is 1. The monoisotopic (exact) mass is 496 g/mol. The third-order valence-corrected chi connectivity index (χ3v) is 7.41. The Morgan fingerprint density at radius 3 is 2.44 bits per heavy atom. The molecule has 11 heteroatoms. The number of benzene rings is 3. The molecule has 0 aliphatic carbocycles. The Bertz CT molecular complexity index is 1380. The van der Waals surface area contributed by atoms with Crippen molar-refractivity contribution in [2.24, 2.45) is 0 Å². The molecule has 3 aromatic carbocycles. The van der Waals surface area contributed by atoms with E-state index in [4.69, 9.17) is 11.6 Å². The first-order valence-electron chi connectivity index (χ1n) is 10.4. The van der Waals surface area contributed by atoms with Crippen molar-refractivity contribution in [2.45, 2.75) is 18.2 Å². The average Bonchev–Trinajstić information content (AvgIpc) is 3.37. The van der Waals surface area contributed by atoms with E-state index in [1.165, 1.54) is 27.4 Å². The van der Waals surface area contributed by atoms with Crippen LogP contribution in [-0.2, 0) is 21.2 Å². The second kappa shape index (κ2) is 10.0. The van der Waals surface area contributed by atoms with Gasteiger partial charge in [0.15, 0.2) is 0 Å². The summed E-state index contributed by atoms with van der Waals surface area (Å²) in [7, 11) is -3.95. The first kappa shape index (κ1) is 23.4. The van der Waals surface area contributed by atoms with Gasteiger partial charge in [0, 0.05) is 12.2 Å². The summed E-state index contributed by atoms with van der Waals surface area (Å²) in [6.07, 6.45) is 1.58. The van der Waals surface area contributed by atoms with Crippen LogP contribution < -0.4 is 9.62 Å². The normalized spacial score (nSPS) is 11.2. The average molecular weight is 497 g/mol. The highest BCUT2D eigenvalue weighted by Crippen LogP contribution is 2.30. The van der Waals surface area contributed by atoms with Crippen LogP contribution in [-0.4, -0.2) is 41.1 Å². The van der Waals surface area contributed by atoms with Gasteiger partial charge in [-0.2, -0.15) is 0 Å². The predicted molar refractivity (Wildman–Crippen MR) is 130 cm³/mol. The molecule has 4 rings (SSSR count). The number of hydrogen-bond acceptors (Lipinski definition) is 6. The van der Waals surface area contributed by atoms with E-state index in [1.807, 2.05) is 6.07 Å². The van der Waals surface area contributed by atoms with Crippen molar-refractivity contribution in [1.82, 2.24) is 20.2 Å². The molecule has 174 valence electrons. The molecular formula is C23H21ClN6O3S. The van der Waals surface area contributed by atoms with Gasteiger partial charge in [0.05, 0.1) is 22.8 Å². The van der Waals surface area contributed by atoms with E-state index < -0.39 is 10.0 Å². The summed E-state index contributed by atoms with van der Waals surface area (Å²) in [6, 6.07) is 20.4. The lowest BCUT2D eigenvalue weighted by atomic mass is 10.1. The van der Waals surface area contributed by atoms with Gasteiger partial charge in [-0.15, -0.1) is 5.10 Å². The zero-order valence-corrected chi connectivity index (χ0v) is 19.7. The molecule has 9 nitrogen and oxygen atoms in total. The van der Waals surface area contributed by atoms with E-state index in [-0.39, 0.29) is 28.8 Å². The number of para-hydroxylation sites is 1. The fraction of sp³-hybridized carbons (Fsp3) is 0.130. The zero-order chi connectivity index (χ0) is 24.1. The minimum absolute atomic E-state index is 0.0746. The van der Waals surface area contributed by atoms with Crippen molar-refractivity contribution in [1.29, 1.82) is 0 Å². The molecule has 0 saturated heterocycles. The minimum atomic E-state index is -3.95. The first-order chi connectivity index (χ1) is 16.4. The van der Waals surface area contributed by atoms with Crippen LogP contribution in [0.15, 0.2) is 84.0 Å². The van der Waals surface area contributed by atoms with Crippen LogP contribution in [0.1, 0.15) is 12.5 Å². The van der Waals surface area contributed by atoms with Gasteiger partial charge in [-0.05, 0) is 65.4 Å². The third kappa shape index (κ3) is 5.08. The van der Waals surface area contributed by atoms with Crippen LogP contribution in [0, 0.1) is 0 Å². The predicted octanol–water partition coefficient (Wildman–Crippen LogP) is 3.71.